The van der Waals surface area contributed by atoms with Crippen LogP contribution in [-0.4, -0.2) is 50.1 Å². The number of amides is 1. The molecule has 0 saturated carbocycles. The third kappa shape index (κ3) is 4.83. The first kappa shape index (κ1) is 18.9. The molecule has 26 heavy (non-hydrogen) atoms. The maximum absolute atomic E-state index is 13.3. The maximum atomic E-state index is 13.3. The Bertz CT molecular complexity index is 775. The summed E-state index contributed by atoms with van der Waals surface area (Å²) in [7, 11) is 0. The van der Waals surface area contributed by atoms with E-state index in [1.807, 2.05) is 0 Å². The minimum atomic E-state index is -0.411. The predicted molar refractivity (Wildman–Crippen MR) is 106 cm³/mol. The van der Waals surface area contributed by atoms with Crippen molar-refractivity contribution >= 4 is 27.5 Å². The summed E-state index contributed by atoms with van der Waals surface area (Å²) in [5, 5.41) is 2.87. The van der Waals surface area contributed by atoms with Crippen LogP contribution in [0.4, 0.5) is 10.1 Å². The SMILES string of the molecule is Cc1cccc(N2CCN(CCNC(=O)c3cc(F)ccc3Br)CC2)c1. The van der Waals surface area contributed by atoms with E-state index >= 15 is 0 Å². The molecule has 0 atom stereocenters. The van der Waals surface area contributed by atoms with Crippen LogP contribution in [0.1, 0.15) is 15.9 Å². The van der Waals surface area contributed by atoms with E-state index in [1.54, 1.807) is 6.07 Å². The van der Waals surface area contributed by atoms with Gasteiger partial charge < -0.3 is 10.2 Å². The minimum absolute atomic E-state index is 0.255. The first-order chi connectivity index (χ1) is 12.5. The molecule has 1 aliphatic rings. The average Bonchev–Trinajstić information content (AvgIpc) is 2.64. The van der Waals surface area contributed by atoms with E-state index in [2.05, 4.69) is 62.2 Å². The molecular formula is C20H23BrFN3O. The Labute approximate surface area is 162 Å². The van der Waals surface area contributed by atoms with Crippen molar-refractivity contribution in [3.8, 4) is 0 Å². The maximum Gasteiger partial charge on any atom is 0.252 e. The largest absolute Gasteiger partial charge is 0.369 e. The average molecular weight is 420 g/mol. The van der Waals surface area contributed by atoms with Crippen LogP contribution in [0.3, 0.4) is 0 Å². The topological polar surface area (TPSA) is 35.6 Å². The van der Waals surface area contributed by atoms with E-state index in [9.17, 15) is 9.18 Å². The molecule has 1 aliphatic heterocycles. The monoisotopic (exact) mass is 419 g/mol. The molecule has 0 aromatic heterocycles. The van der Waals surface area contributed by atoms with E-state index in [0.29, 0.717) is 16.6 Å². The molecule has 1 N–H and O–H groups in total. The lowest BCUT2D eigenvalue weighted by atomic mass is 10.2. The highest BCUT2D eigenvalue weighted by molar-refractivity contribution is 9.10. The molecular weight excluding hydrogens is 397 g/mol. The Morgan fingerprint density at radius 3 is 2.65 bits per heavy atom. The van der Waals surface area contributed by atoms with Gasteiger partial charge in [0.2, 0.25) is 0 Å². The molecule has 1 saturated heterocycles. The smallest absolute Gasteiger partial charge is 0.252 e. The van der Waals surface area contributed by atoms with Gasteiger partial charge in [-0.15, -0.1) is 0 Å². The van der Waals surface area contributed by atoms with Crippen LogP contribution in [0.15, 0.2) is 46.9 Å². The highest BCUT2D eigenvalue weighted by Gasteiger charge is 2.17. The molecule has 138 valence electrons. The molecule has 1 amide bonds. The summed E-state index contributed by atoms with van der Waals surface area (Å²) in [6.45, 7) is 7.34. The van der Waals surface area contributed by atoms with Crippen molar-refractivity contribution in [1.29, 1.82) is 0 Å². The number of nitrogens with one attached hydrogen (secondary N) is 1. The third-order valence-corrected chi connectivity index (χ3v) is 5.32. The summed E-state index contributed by atoms with van der Waals surface area (Å²) in [5.41, 5.74) is 2.87. The number of benzene rings is 2. The van der Waals surface area contributed by atoms with Crippen molar-refractivity contribution in [2.24, 2.45) is 0 Å². The van der Waals surface area contributed by atoms with E-state index in [-0.39, 0.29) is 5.91 Å². The van der Waals surface area contributed by atoms with E-state index in [1.165, 1.54) is 23.4 Å². The molecule has 6 heteroatoms. The molecule has 0 bridgehead atoms. The second-order valence-electron chi connectivity index (χ2n) is 6.55. The Hall–Kier alpha value is -1.92. The molecule has 2 aromatic rings. The molecule has 1 fully saturated rings. The highest BCUT2D eigenvalue weighted by atomic mass is 79.9. The molecule has 1 heterocycles. The van der Waals surface area contributed by atoms with Gasteiger partial charge in [0.05, 0.1) is 5.56 Å². The Kier molecular flexibility index (Phi) is 6.27. The van der Waals surface area contributed by atoms with Gasteiger partial charge in [-0.1, -0.05) is 12.1 Å². The summed E-state index contributed by atoms with van der Waals surface area (Å²) in [4.78, 5) is 16.9. The number of aryl methyl sites for hydroxylation is 1. The number of anilines is 1. The van der Waals surface area contributed by atoms with Crippen LogP contribution in [0.25, 0.3) is 0 Å². The Morgan fingerprint density at radius 1 is 1.15 bits per heavy atom. The number of halogens is 2. The molecule has 3 rings (SSSR count). The number of nitrogens with zero attached hydrogens (tertiary/aromatic N) is 2. The summed E-state index contributed by atoms with van der Waals surface area (Å²) in [5.74, 6) is -0.666. The van der Waals surface area contributed by atoms with Crippen molar-refractivity contribution < 1.29 is 9.18 Å². The van der Waals surface area contributed by atoms with Crippen LogP contribution >= 0.6 is 15.9 Å². The van der Waals surface area contributed by atoms with Crippen molar-refractivity contribution in [1.82, 2.24) is 10.2 Å². The molecule has 4 nitrogen and oxygen atoms in total. The fourth-order valence-corrected chi connectivity index (χ4v) is 3.58. The summed E-state index contributed by atoms with van der Waals surface area (Å²) in [6, 6.07) is 12.7. The predicted octanol–water partition coefficient (Wildman–Crippen LogP) is 3.45. The van der Waals surface area contributed by atoms with E-state index in [0.717, 1.165) is 32.7 Å². The normalized spacial score (nSPS) is 15.1. The summed E-state index contributed by atoms with van der Waals surface area (Å²) < 4.78 is 13.9. The fourth-order valence-electron chi connectivity index (χ4n) is 3.15. The van der Waals surface area contributed by atoms with Crippen LogP contribution in [0.2, 0.25) is 0 Å². The molecule has 0 radical (unpaired) electrons. The van der Waals surface area contributed by atoms with Crippen LogP contribution in [-0.2, 0) is 0 Å². The molecule has 0 unspecified atom stereocenters. The zero-order chi connectivity index (χ0) is 18.5. The first-order valence-electron chi connectivity index (χ1n) is 8.80. The Morgan fingerprint density at radius 2 is 1.92 bits per heavy atom. The van der Waals surface area contributed by atoms with Crippen LogP contribution < -0.4 is 10.2 Å². The lowest BCUT2D eigenvalue weighted by Crippen LogP contribution is -2.48. The number of hydrogen-bond acceptors (Lipinski definition) is 3. The highest BCUT2D eigenvalue weighted by Crippen LogP contribution is 2.18. The van der Waals surface area contributed by atoms with Gasteiger partial charge in [-0.05, 0) is 58.7 Å². The van der Waals surface area contributed by atoms with Gasteiger partial charge in [-0.25, -0.2) is 4.39 Å². The van der Waals surface area contributed by atoms with Crippen molar-refractivity contribution in [3.63, 3.8) is 0 Å². The van der Waals surface area contributed by atoms with Gasteiger partial charge in [0.1, 0.15) is 5.82 Å². The zero-order valence-electron chi connectivity index (χ0n) is 14.8. The van der Waals surface area contributed by atoms with Crippen molar-refractivity contribution in [2.75, 3.05) is 44.2 Å². The lowest BCUT2D eigenvalue weighted by molar-refractivity contribution is 0.0946. The zero-order valence-corrected chi connectivity index (χ0v) is 16.4. The number of rotatable bonds is 5. The summed E-state index contributed by atoms with van der Waals surface area (Å²) in [6.07, 6.45) is 0. The number of carbonyl (C=O) groups is 1. The van der Waals surface area contributed by atoms with Crippen molar-refractivity contribution in [2.45, 2.75) is 6.92 Å². The van der Waals surface area contributed by atoms with Gasteiger partial charge in [0, 0.05) is 49.4 Å². The summed E-state index contributed by atoms with van der Waals surface area (Å²) >= 11 is 3.29. The molecule has 2 aromatic carbocycles. The second kappa shape index (κ2) is 8.64. The minimum Gasteiger partial charge on any atom is -0.369 e. The lowest BCUT2D eigenvalue weighted by Gasteiger charge is -2.36. The van der Waals surface area contributed by atoms with E-state index < -0.39 is 5.82 Å². The molecule has 0 spiro atoms. The van der Waals surface area contributed by atoms with Gasteiger partial charge >= 0.3 is 0 Å². The van der Waals surface area contributed by atoms with Gasteiger partial charge in [-0.3, -0.25) is 9.69 Å². The molecule has 0 aliphatic carbocycles. The van der Waals surface area contributed by atoms with Crippen molar-refractivity contribution in [3.05, 3.63) is 63.9 Å². The Balaban J connectivity index is 1.44. The van der Waals surface area contributed by atoms with Gasteiger partial charge in [-0.2, -0.15) is 0 Å². The van der Waals surface area contributed by atoms with Gasteiger partial charge in [0.15, 0.2) is 0 Å². The quantitative estimate of drug-likeness (QED) is 0.805. The van der Waals surface area contributed by atoms with E-state index in [4.69, 9.17) is 0 Å². The number of piperazine rings is 1. The second-order valence-corrected chi connectivity index (χ2v) is 7.40. The standard InChI is InChI=1S/C20H23BrFN3O/c1-15-3-2-4-17(13-15)25-11-9-24(10-12-25)8-7-23-20(26)18-14-16(22)5-6-19(18)21/h2-6,13-14H,7-12H2,1H3,(H,23,26). The fraction of sp³-hybridized carbons (Fsp3) is 0.350. The first-order valence-corrected chi connectivity index (χ1v) is 9.59. The van der Waals surface area contributed by atoms with Gasteiger partial charge in [0.25, 0.3) is 5.91 Å². The van der Waals surface area contributed by atoms with Crippen LogP contribution in [0.5, 0.6) is 0 Å². The van der Waals surface area contributed by atoms with Crippen LogP contribution in [0, 0.1) is 12.7 Å². The third-order valence-electron chi connectivity index (χ3n) is 4.63. The number of hydrogen-bond donors (Lipinski definition) is 1. The number of carbonyl (C=O) groups excluding carboxylic acids is 1.